The molecule has 204 valence electrons. The van der Waals surface area contributed by atoms with Gasteiger partial charge < -0.3 is 42.6 Å². The first-order chi connectivity index (χ1) is 17.6. The summed E-state index contributed by atoms with van der Waals surface area (Å²) in [6.07, 6.45) is 3.18. The van der Waals surface area contributed by atoms with E-state index in [1.807, 2.05) is 24.3 Å². The summed E-state index contributed by atoms with van der Waals surface area (Å²) >= 11 is 0. The van der Waals surface area contributed by atoms with E-state index in [0.717, 1.165) is 16.5 Å². The van der Waals surface area contributed by atoms with Crippen LogP contribution in [0.1, 0.15) is 38.7 Å². The lowest BCUT2D eigenvalue weighted by atomic mass is 10.0. The predicted octanol–water partition coefficient (Wildman–Crippen LogP) is -0.646. The van der Waals surface area contributed by atoms with Crippen molar-refractivity contribution in [3.8, 4) is 0 Å². The van der Waals surface area contributed by atoms with Crippen molar-refractivity contribution in [1.82, 2.24) is 20.9 Å². The van der Waals surface area contributed by atoms with E-state index in [2.05, 4.69) is 20.9 Å². The fourth-order valence-corrected chi connectivity index (χ4v) is 3.89. The molecule has 4 atom stereocenters. The van der Waals surface area contributed by atoms with Crippen molar-refractivity contribution in [2.75, 3.05) is 13.2 Å². The predicted molar refractivity (Wildman–Crippen MR) is 138 cm³/mol. The summed E-state index contributed by atoms with van der Waals surface area (Å²) in [6.45, 7) is 3.13. The monoisotopic (exact) mass is 518 g/mol. The van der Waals surface area contributed by atoms with Gasteiger partial charge in [-0.1, -0.05) is 32.0 Å². The number of aromatic amines is 1. The molecule has 0 aliphatic carbocycles. The molecule has 0 aliphatic rings. The van der Waals surface area contributed by atoms with Gasteiger partial charge >= 0.3 is 5.97 Å². The second kappa shape index (κ2) is 14.3. The van der Waals surface area contributed by atoms with Crippen molar-refractivity contribution >= 4 is 34.6 Å². The van der Waals surface area contributed by atoms with E-state index in [1.54, 1.807) is 20.0 Å². The minimum absolute atomic E-state index is 0.0750. The van der Waals surface area contributed by atoms with Crippen LogP contribution in [-0.2, 0) is 25.6 Å². The quantitative estimate of drug-likeness (QED) is 0.142. The highest BCUT2D eigenvalue weighted by Gasteiger charge is 2.31. The van der Waals surface area contributed by atoms with E-state index in [-0.39, 0.29) is 12.8 Å². The van der Waals surface area contributed by atoms with Crippen LogP contribution in [0, 0.1) is 5.92 Å². The number of H-pyrrole nitrogens is 1. The third kappa shape index (κ3) is 8.55. The smallest absolute Gasteiger partial charge is 0.326 e. The van der Waals surface area contributed by atoms with Crippen molar-refractivity contribution in [3.63, 3.8) is 0 Å². The number of aromatic nitrogens is 1. The molecule has 2 aromatic rings. The van der Waals surface area contributed by atoms with Crippen LogP contribution in [0.5, 0.6) is 0 Å². The normalized spacial score (nSPS) is 14.5. The number of carboxylic acid groups (broad SMARTS) is 1. The lowest BCUT2D eigenvalue weighted by Crippen LogP contribution is -2.58. The Morgan fingerprint density at radius 2 is 1.62 bits per heavy atom. The summed E-state index contributed by atoms with van der Waals surface area (Å²) in [5.74, 6) is -3.59. The van der Waals surface area contributed by atoms with E-state index < -0.39 is 60.4 Å². The molecule has 0 fully saturated rings. The number of hydrogen-bond donors (Lipinski definition) is 8. The summed E-state index contributed by atoms with van der Waals surface area (Å²) in [5, 5.41) is 27.3. The van der Waals surface area contributed by atoms with Gasteiger partial charge in [-0.15, -0.1) is 0 Å². The number of nitrogens with two attached hydrogens (primary N) is 2. The van der Waals surface area contributed by atoms with Crippen LogP contribution in [0.3, 0.4) is 0 Å². The largest absolute Gasteiger partial charge is 0.480 e. The van der Waals surface area contributed by atoms with Gasteiger partial charge in [-0.2, -0.15) is 0 Å². The summed E-state index contributed by atoms with van der Waals surface area (Å²) in [4.78, 5) is 53.6. The minimum atomic E-state index is -1.21. The summed E-state index contributed by atoms with van der Waals surface area (Å²) < 4.78 is 0. The Balaban J connectivity index is 2.31. The molecule has 0 spiro atoms. The number of fused-ring (bicyclic) bond motifs is 1. The zero-order valence-corrected chi connectivity index (χ0v) is 21.2. The molecule has 0 saturated heterocycles. The number of benzene rings is 1. The SMILES string of the molecule is CC(C)C(NC(=O)C(Cc1c[nH]c2ccccc12)NC(=O)C(CCCCN)NC(=O)C(N)CO)C(=O)O. The number of carboxylic acids is 1. The lowest BCUT2D eigenvalue weighted by Gasteiger charge is -2.26. The Morgan fingerprint density at radius 1 is 0.973 bits per heavy atom. The topological polar surface area (TPSA) is 213 Å². The van der Waals surface area contributed by atoms with Gasteiger partial charge in [0.25, 0.3) is 0 Å². The molecule has 0 radical (unpaired) electrons. The first-order valence-electron chi connectivity index (χ1n) is 12.3. The van der Waals surface area contributed by atoms with Crippen LogP contribution < -0.4 is 27.4 Å². The van der Waals surface area contributed by atoms with Crippen LogP contribution >= 0.6 is 0 Å². The van der Waals surface area contributed by atoms with Crippen LogP contribution in [0.25, 0.3) is 10.9 Å². The number of aliphatic carboxylic acids is 1. The van der Waals surface area contributed by atoms with Crippen LogP contribution in [0.15, 0.2) is 30.5 Å². The van der Waals surface area contributed by atoms with Crippen molar-refractivity contribution in [2.45, 2.75) is 63.7 Å². The highest BCUT2D eigenvalue weighted by Crippen LogP contribution is 2.19. The number of hydrogen-bond acceptors (Lipinski definition) is 7. The fraction of sp³-hybridized carbons (Fsp3) is 0.520. The van der Waals surface area contributed by atoms with E-state index in [0.29, 0.717) is 19.4 Å². The van der Waals surface area contributed by atoms with E-state index in [9.17, 15) is 29.4 Å². The number of para-hydroxylation sites is 1. The molecule has 1 aromatic heterocycles. The molecule has 1 heterocycles. The summed E-state index contributed by atoms with van der Waals surface area (Å²) in [7, 11) is 0. The maximum atomic E-state index is 13.3. The number of nitrogens with one attached hydrogen (secondary N) is 4. The highest BCUT2D eigenvalue weighted by molar-refractivity contribution is 5.94. The molecular formula is C25H38N6O6. The number of unbranched alkanes of at least 4 members (excludes halogenated alkanes) is 1. The van der Waals surface area contributed by atoms with Crippen LogP contribution in [-0.4, -0.2) is 76.2 Å². The molecular weight excluding hydrogens is 480 g/mol. The van der Waals surface area contributed by atoms with Gasteiger partial charge in [0.2, 0.25) is 17.7 Å². The molecule has 1 aromatic carbocycles. The molecule has 10 N–H and O–H groups in total. The van der Waals surface area contributed by atoms with Gasteiger partial charge in [0.15, 0.2) is 0 Å². The highest BCUT2D eigenvalue weighted by atomic mass is 16.4. The molecule has 4 unspecified atom stereocenters. The van der Waals surface area contributed by atoms with Gasteiger partial charge in [-0.25, -0.2) is 4.79 Å². The van der Waals surface area contributed by atoms with Gasteiger partial charge in [0.1, 0.15) is 24.2 Å². The standard InChI is InChI=1S/C25H38N6O6/c1-14(2)21(25(36)37)31-24(35)20(11-15-12-28-18-8-4-3-7-16(15)18)30-23(34)19(9-5-6-10-26)29-22(33)17(27)13-32/h3-4,7-8,12,14,17,19-21,28,32H,5-6,9-11,13,26-27H2,1-2H3,(H,29,33)(H,30,34)(H,31,35)(H,36,37). The summed E-state index contributed by atoms with van der Waals surface area (Å²) in [6, 6.07) is 2.93. The van der Waals surface area contributed by atoms with Crippen molar-refractivity contribution in [1.29, 1.82) is 0 Å². The zero-order valence-electron chi connectivity index (χ0n) is 21.2. The number of aliphatic hydroxyl groups excluding tert-OH is 1. The number of amides is 3. The first kappa shape index (κ1) is 29.7. The zero-order chi connectivity index (χ0) is 27.5. The molecule has 0 saturated carbocycles. The molecule has 12 heteroatoms. The summed E-state index contributed by atoms with van der Waals surface area (Å²) in [5.41, 5.74) is 12.7. The molecule has 2 rings (SSSR count). The molecule has 12 nitrogen and oxygen atoms in total. The fourth-order valence-electron chi connectivity index (χ4n) is 3.89. The minimum Gasteiger partial charge on any atom is -0.480 e. The number of aliphatic hydroxyl groups is 1. The first-order valence-corrected chi connectivity index (χ1v) is 12.3. The Labute approximate surface area is 215 Å². The molecule has 0 bridgehead atoms. The molecule has 3 amide bonds. The Morgan fingerprint density at radius 3 is 2.24 bits per heavy atom. The lowest BCUT2D eigenvalue weighted by molar-refractivity contribution is -0.143. The molecule has 37 heavy (non-hydrogen) atoms. The number of carbonyl (C=O) groups excluding carboxylic acids is 3. The van der Waals surface area contributed by atoms with Gasteiger partial charge in [0, 0.05) is 23.5 Å². The Kier molecular flexibility index (Phi) is 11.5. The van der Waals surface area contributed by atoms with E-state index in [1.165, 1.54) is 0 Å². The van der Waals surface area contributed by atoms with Crippen molar-refractivity contribution in [3.05, 3.63) is 36.0 Å². The average molecular weight is 519 g/mol. The number of rotatable bonds is 15. The van der Waals surface area contributed by atoms with Crippen LogP contribution in [0.4, 0.5) is 0 Å². The van der Waals surface area contributed by atoms with Gasteiger partial charge in [0.05, 0.1) is 6.61 Å². The average Bonchev–Trinajstić information content (AvgIpc) is 3.27. The van der Waals surface area contributed by atoms with Gasteiger partial charge in [-0.3, -0.25) is 14.4 Å². The second-order valence-electron chi connectivity index (χ2n) is 9.33. The third-order valence-electron chi connectivity index (χ3n) is 6.08. The van der Waals surface area contributed by atoms with Crippen molar-refractivity contribution in [2.24, 2.45) is 17.4 Å². The Hall–Kier alpha value is -3.48. The van der Waals surface area contributed by atoms with Gasteiger partial charge in [-0.05, 0) is 43.4 Å². The Bertz CT molecular complexity index is 1070. The van der Waals surface area contributed by atoms with Crippen LogP contribution in [0.2, 0.25) is 0 Å². The number of carbonyl (C=O) groups is 4. The maximum Gasteiger partial charge on any atom is 0.326 e. The maximum absolute atomic E-state index is 13.3. The van der Waals surface area contributed by atoms with E-state index in [4.69, 9.17) is 11.5 Å². The molecule has 0 aliphatic heterocycles. The second-order valence-corrected chi connectivity index (χ2v) is 9.33. The van der Waals surface area contributed by atoms with E-state index >= 15 is 0 Å². The third-order valence-corrected chi connectivity index (χ3v) is 6.08. The van der Waals surface area contributed by atoms with Crippen molar-refractivity contribution < 1.29 is 29.4 Å².